The fourth-order valence-electron chi connectivity index (χ4n) is 1.50. The van der Waals surface area contributed by atoms with Crippen LogP contribution in [0.2, 0.25) is 0 Å². The number of carboxylic acids is 1. The van der Waals surface area contributed by atoms with E-state index in [1.165, 1.54) is 0 Å². The summed E-state index contributed by atoms with van der Waals surface area (Å²) in [7, 11) is 0. The van der Waals surface area contributed by atoms with Gasteiger partial charge in [0.15, 0.2) is 0 Å². The Morgan fingerprint density at radius 3 is 2.68 bits per heavy atom. The van der Waals surface area contributed by atoms with E-state index in [0.29, 0.717) is 18.0 Å². The van der Waals surface area contributed by atoms with Gasteiger partial charge in [-0.3, -0.25) is 9.59 Å². The smallest absolute Gasteiger partial charge is 0.303 e. The number of hydrogen-bond donors (Lipinski definition) is 2. The minimum atomic E-state index is -0.985. The Labute approximate surface area is 112 Å². The third kappa shape index (κ3) is 5.42. The summed E-state index contributed by atoms with van der Waals surface area (Å²) in [6.07, 6.45) is 0.652. The lowest BCUT2D eigenvalue weighted by atomic mass is 10.2. The molecule has 0 spiro atoms. The van der Waals surface area contributed by atoms with Gasteiger partial charge in [0, 0.05) is 6.42 Å². The number of rotatable bonds is 7. The summed E-state index contributed by atoms with van der Waals surface area (Å²) in [4.78, 5) is 22.0. The summed E-state index contributed by atoms with van der Waals surface area (Å²) in [5.41, 5.74) is 1.61. The Balaban J connectivity index is 2.70. The highest BCUT2D eigenvalue weighted by Crippen LogP contribution is 2.26. The normalized spacial score (nSPS) is 10.0. The molecule has 5 heteroatoms. The molecule has 0 heterocycles. The zero-order valence-corrected chi connectivity index (χ0v) is 11.2. The van der Waals surface area contributed by atoms with Gasteiger partial charge in [-0.25, -0.2) is 0 Å². The van der Waals surface area contributed by atoms with Crippen molar-refractivity contribution in [2.45, 2.75) is 33.1 Å². The highest BCUT2D eigenvalue weighted by Gasteiger charge is 2.09. The van der Waals surface area contributed by atoms with E-state index in [-0.39, 0.29) is 18.7 Å². The third-order valence-corrected chi connectivity index (χ3v) is 2.44. The maximum Gasteiger partial charge on any atom is 0.303 e. The number of aryl methyl sites for hydroxylation is 1. The average molecular weight is 265 g/mol. The molecule has 1 rings (SSSR count). The van der Waals surface area contributed by atoms with Crippen molar-refractivity contribution in [1.29, 1.82) is 0 Å². The number of carbonyl (C=O) groups excluding carboxylic acids is 1. The second kappa shape index (κ2) is 7.41. The molecule has 0 aromatic heterocycles. The molecular formula is C14H19NO4. The number of hydrogen-bond acceptors (Lipinski definition) is 3. The lowest BCUT2D eigenvalue weighted by molar-refractivity contribution is -0.138. The van der Waals surface area contributed by atoms with Crippen molar-refractivity contribution in [3.8, 4) is 5.75 Å². The van der Waals surface area contributed by atoms with Gasteiger partial charge in [0.25, 0.3) is 0 Å². The topological polar surface area (TPSA) is 75.6 Å². The Bertz CT molecular complexity index is 457. The van der Waals surface area contributed by atoms with Crippen LogP contribution < -0.4 is 10.1 Å². The van der Waals surface area contributed by atoms with Crippen LogP contribution in [-0.2, 0) is 9.59 Å². The number of benzene rings is 1. The molecule has 2 N–H and O–H groups in total. The number of nitrogens with one attached hydrogen (secondary N) is 1. The SMILES string of the molecule is CCCOc1cc(C)ccc1NC(=O)CCC(=O)O. The molecule has 0 bridgehead atoms. The summed E-state index contributed by atoms with van der Waals surface area (Å²) >= 11 is 0. The van der Waals surface area contributed by atoms with E-state index in [9.17, 15) is 9.59 Å². The highest BCUT2D eigenvalue weighted by molar-refractivity contribution is 5.93. The Hall–Kier alpha value is -2.04. The minimum Gasteiger partial charge on any atom is -0.491 e. The first-order valence-electron chi connectivity index (χ1n) is 6.28. The molecule has 0 atom stereocenters. The number of amides is 1. The van der Waals surface area contributed by atoms with Crippen LogP contribution in [-0.4, -0.2) is 23.6 Å². The molecule has 0 saturated heterocycles. The molecule has 0 fully saturated rings. The van der Waals surface area contributed by atoms with Crippen LogP contribution in [0.4, 0.5) is 5.69 Å². The van der Waals surface area contributed by atoms with Crippen molar-refractivity contribution < 1.29 is 19.4 Å². The zero-order chi connectivity index (χ0) is 14.3. The number of aliphatic carboxylic acids is 1. The van der Waals surface area contributed by atoms with Gasteiger partial charge >= 0.3 is 5.97 Å². The van der Waals surface area contributed by atoms with Gasteiger partial charge in [-0.2, -0.15) is 0 Å². The number of ether oxygens (including phenoxy) is 1. The first-order chi connectivity index (χ1) is 9.02. The predicted molar refractivity (Wildman–Crippen MR) is 72.5 cm³/mol. The molecule has 0 radical (unpaired) electrons. The van der Waals surface area contributed by atoms with Gasteiger partial charge in [-0.15, -0.1) is 0 Å². The van der Waals surface area contributed by atoms with Crippen molar-refractivity contribution in [3.63, 3.8) is 0 Å². The standard InChI is InChI=1S/C14H19NO4/c1-3-8-19-12-9-10(2)4-5-11(12)15-13(16)6-7-14(17)18/h4-5,9H,3,6-8H2,1-2H3,(H,15,16)(H,17,18). The van der Waals surface area contributed by atoms with Crippen LogP contribution in [0.5, 0.6) is 5.75 Å². The minimum absolute atomic E-state index is 0.0452. The van der Waals surface area contributed by atoms with Gasteiger partial charge in [0.2, 0.25) is 5.91 Å². The summed E-state index contributed by atoms with van der Waals surface area (Å²) in [5.74, 6) is -0.695. The van der Waals surface area contributed by atoms with Crippen molar-refractivity contribution in [2.75, 3.05) is 11.9 Å². The van der Waals surface area contributed by atoms with Crippen LogP contribution >= 0.6 is 0 Å². The van der Waals surface area contributed by atoms with E-state index >= 15 is 0 Å². The highest BCUT2D eigenvalue weighted by atomic mass is 16.5. The van der Waals surface area contributed by atoms with Gasteiger partial charge in [0.05, 0.1) is 18.7 Å². The van der Waals surface area contributed by atoms with E-state index in [0.717, 1.165) is 12.0 Å². The molecule has 1 amide bonds. The number of carboxylic acid groups (broad SMARTS) is 1. The molecule has 5 nitrogen and oxygen atoms in total. The van der Waals surface area contributed by atoms with Crippen molar-refractivity contribution in [2.24, 2.45) is 0 Å². The van der Waals surface area contributed by atoms with Crippen molar-refractivity contribution >= 4 is 17.6 Å². The Kier molecular flexibility index (Phi) is 5.85. The Morgan fingerprint density at radius 1 is 1.32 bits per heavy atom. The Morgan fingerprint density at radius 2 is 2.05 bits per heavy atom. The second-order valence-electron chi connectivity index (χ2n) is 4.29. The summed E-state index contributed by atoms with van der Waals surface area (Å²) in [6.45, 7) is 4.51. The largest absolute Gasteiger partial charge is 0.491 e. The van der Waals surface area contributed by atoms with Gasteiger partial charge in [-0.05, 0) is 31.0 Å². The van der Waals surface area contributed by atoms with Crippen molar-refractivity contribution in [1.82, 2.24) is 0 Å². The molecule has 0 aliphatic heterocycles. The molecule has 1 aromatic rings. The molecule has 0 saturated carbocycles. The lowest BCUT2D eigenvalue weighted by Crippen LogP contribution is -2.14. The summed E-state index contributed by atoms with van der Waals surface area (Å²) in [5, 5.41) is 11.2. The van der Waals surface area contributed by atoms with E-state index in [4.69, 9.17) is 9.84 Å². The van der Waals surface area contributed by atoms with Crippen LogP contribution in [0.1, 0.15) is 31.7 Å². The average Bonchev–Trinajstić information content (AvgIpc) is 2.36. The van der Waals surface area contributed by atoms with Crippen LogP contribution in [0.25, 0.3) is 0 Å². The molecule has 0 unspecified atom stereocenters. The maximum atomic E-state index is 11.6. The van der Waals surface area contributed by atoms with E-state index in [2.05, 4.69) is 5.32 Å². The first-order valence-corrected chi connectivity index (χ1v) is 6.28. The monoisotopic (exact) mass is 265 g/mol. The third-order valence-electron chi connectivity index (χ3n) is 2.44. The lowest BCUT2D eigenvalue weighted by Gasteiger charge is -2.12. The molecule has 104 valence electrons. The summed E-state index contributed by atoms with van der Waals surface area (Å²) < 4.78 is 5.56. The maximum absolute atomic E-state index is 11.6. The first kappa shape index (κ1) is 15.0. The van der Waals surface area contributed by atoms with Crippen LogP contribution in [0.15, 0.2) is 18.2 Å². The van der Waals surface area contributed by atoms with Crippen LogP contribution in [0, 0.1) is 6.92 Å². The van der Waals surface area contributed by atoms with Gasteiger partial charge in [-0.1, -0.05) is 13.0 Å². The molecule has 19 heavy (non-hydrogen) atoms. The summed E-state index contributed by atoms with van der Waals surface area (Å²) in [6, 6.07) is 5.48. The predicted octanol–water partition coefficient (Wildman–Crippen LogP) is 2.59. The molecule has 0 aliphatic carbocycles. The fraction of sp³-hybridized carbons (Fsp3) is 0.429. The van der Waals surface area contributed by atoms with Gasteiger partial charge < -0.3 is 15.2 Å². The molecular weight excluding hydrogens is 246 g/mol. The zero-order valence-electron chi connectivity index (χ0n) is 11.2. The quantitative estimate of drug-likeness (QED) is 0.794. The van der Waals surface area contributed by atoms with Crippen molar-refractivity contribution in [3.05, 3.63) is 23.8 Å². The number of carbonyl (C=O) groups is 2. The van der Waals surface area contributed by atoms with Crippen LogP contribution in [0.3, 0.4) is 0 Å². The number of anilines is 1. The molecule has 1 aromatic carbocycles. The molecule has 0 aliphatic rings. The van der Waals surface area contributed by atoms with E-state index in [1.54, 1.807) is 6.07 Å². The van der Waals surface area contributed by atoms with Gasteiger partial charge in [0.1, 0.15) is 5.75 Å². The van der Waals surface area contributed by atoms with E-state index < -0.39 is 5.97 Å². The fourth-order valence-corrected chi connectivity index (χ4v) is 1.50. The van der Waals surface area contributed by atoms with E-state index in [1.807, 2.05) is 26.0 Å². The second-order valence-corrected chi connectivity index (χ2v) is 4.29.